The normalized spacial score (nSPS) is 16.2. The highest BCUT2D eigenvalue weighted by atomic mass is 79.9. The lowest BCUT2D eigenvalue weighted by Gasteiger charge is -2.18. The van der Waals surface area contributed by atoms with E-state index in [1.165, 1.54) is 4.31 Å². The molecule has 1 fully saturated rings. The van der Waals surface area contributed by atoms with E-state index in [0.717, 1.165) is 18.9 Å². The van der Waals surface area contributed by atoms with Gasteiger partial charge in [0.1, 0.15) is 4.90 Å². The summed E-state index contributed by atoms with van der Waals surface area (Å²) in [5.41, 5.74) is 0. The van der Waals surface area contributed by atoms with E-state index in [1.54, 1.807) is 6.92 Å². The van der Waals surface area contributed by atoms with Gasteiger partial charge in [-0.05, 0) is 28.8 Å². The van der Waals surface area contributed by atoms with Crippen LogP contribution in [-0.2, 0) is 10.0 Å². The van der Waals surface area contributed by atoms with E-state index in [9.17, 15) is 13.2 Å². The fourth-order valence-corrected chi connectivity index (χ4v) is 4.35. The van der Waals surface area contributed by atoms with Crippen molar-refractivity contribution in [3.05, 3.63) is 16.5 Å². The molecule has 0 amide bonds. The van der Waals surface area contributed by atoms with Crippen LogP contribution in [0.25, 0.3) is 0 Å². The van der Waals surface area contributed by atoms with E-state index in [2.05, 4.69) is 15.9 Å². The molecule has 18 heavy (non-hydrogen) atoms. The third-order valence-electron chi connectivity index (χ3n) is 2.72. The molecule has 1 heterocycles. The van der Waals surface area contributed by atoms with Crippen LogP contribution >= 0.6 is 15.9 Å². The van der Waals surface area contributed by atoms with Crippen LogP contribution in [0, 0.1) is 0 Å². The second kappa shape index (κ2) is 4.67. The first-order chi connectivity index (χ1) is 8.37. The SMILES string of the molecule is CCN(C1CC1)S(=O)(=O)c1cc(C(=O)O)oc1Br. The first-order valence-electron chi connectivity index (χ1n) is 5.42. The van der Waals surface area contributed by atoms with Crippen molar-refractivity contribution in [3.8, 4) is 0 Å². The van der Waals surface area contributed by atoms with Gasteiger partial charge in [-0.25, -0.2) is 13.2 Å². The van der Waals surface area contributed by atoms with E-state index in [-0.39, 0.29) is 15.6 Å². The molecule has 1 aromatic rings. The number of furan rings is 1. The zero-order valence-electron chi connectivity index (χ0n) is 9.59. The summed E-state index contributed by atoms with van der Waals surface area (Å²) in [4.78, 5) is 10.6. The number of rotatable bonds is 5. The van der Waals surface area contributed by atoms with E-state index in [1.807, 2.05) is 0 Å². The number of carboxylic acid groups (broad SMARTS) is 1. The van der Waals surface area contributed by atoms with Gasteiger partial charge in [0.05, 0.1) is 0 Å². The second-order valence-electron chi connectivity index (χ2n) is 3.99. The largest absolute Gasteiger partial charge is 0.475 e. The van der Waals surface area contributed by atoms with Crippen molar-refractivity contribution in [3.63, 3.8) is 0 Å². The number of carboxylic acids is 1. The highest BCUT2D eigenvalue weighted by Crippen LogP contribution is 2.35. The first kappa shape index (κ1) is 13.6. The fourth-order valence-electron chi connectivity index (χ4n) is 1.75. The van der Waals surface area contributed by atoms with Gasteiger partial charge in [0.25, 0.3) is 0 Å². The van der Waals surface area contributed by atoms with Gasteiger partial charge in [0.2, 0.25) is 15.8 Å². The molecule has 1 aromatic heterocycles. The number of nitrogens with zero attached hydrogens (tertiary/aromatic N) is 1. The predicted molar refractivity (Wildman–Crippen MR) is 66.0 cm³/mol. The molecule has 1 aliphatic rings. The predicted octanol–water partition coefficient (Wildman–Crippen LogP) is 1.91. The zero-order valence-corrected chi connectivity index (χ0v) is 12.0. The molecule has 2 rings (SSSR count). The van der Waals surface area contributed by atoms with Crippen LogP contribution in [-0.4, -0.2) is 36.4 Å². The standard InChI is InChI=1S/C10H12BrNO5S/c1-2-12(6-3-4-6)18(15,16)8-5-7(10(13)14)17-9(8)11/h5-6H,2-4H2,1H3,(H,13,14). The average Bonchev–Trinajstić information content (AvgIpc) is 3.00. The quantitative estimate of drug-likeness (QED) is 0.886. The van der Waals surface area contributed by atoms with Gasteiger partial charge in [-0.2, -0.15) is 4.31 Å². The lowest BCUT2D eigenvalue weighted by Crippen LogP contribution is -2.32. The Morgan fingerprint density at radius 3 is 2.61 bits per heavy atom. The van der Waals surface area contributed by atoms with Gasteiger partial charge in [-0.15, -0.1) is 0 Å². The molecular weight excluding hydrogens is 326 g/mol. The Bertz CT molecular complexity index is 575. The Morgan fingerprint density at radius 1 is 1.61 bits per heavy atom. The Labute approximate surface area is 113 Å². The van der Waals surface area contributed by atoms with Crippen LogP contribution in [0.2, 0.25) is 0 Å². The molecule has 0 spiro atoms. The minimum Gasteiger partial charge on any atom is -0.475 e. The van der Waals surface area contributed by atoms with Crippen LogP contribution in [0.3, 0.4) is 0 Å². The molecule has 0 atom stereocenters. The summed E-state index contributed by atoms with van der Waals surface area (Å²) in [5, 5.41) is 8.78. The van der Waals surface area contributed by atoms with E-state index < -0.39 is 21.8 Å². The summed E-state index contributed by atoms with van der Waals surface area (Å²) in [7, 11) is -3.70. The van der Waals surface area contributed by atoms with Gasteiger partial charge in [-0.1, -0.05) is 6.92 Å². The minimum absolute atomic E-state index is 0.0232. The molecule has 0 aliphatic heterocycles. The van der Waals surface area contributed by atoms with E-state index >= 15 is 0 Å². The summed E-state index contributed by atoms with van der Waals surface area (Å²) in [6.07, 6.45) is 1.68. The van der Waals surface area contributed by atoms with Crippen molar-refractivity contribution in [1.82, 2.24) is 4.31 Å². The number of hydrogen-bond donors (Lipinski definition) is 1. The lowest BCUT2D eigenvalue weighted by molar-refractivity contribution is 0.0661. The first-order valence-corrected chi connectivity index (χ1v) is 7.65. The van der Waals surface area contributed by atoms with Crippen molar-refractivity contribution in [2.24, 2.45) is 0 Å². The maximum atomic E-state index is 12.3. The van der Waals surface area contributed by atoms with Crippen molar-refractivity contribution in [2.75, 3.05) is 6.54 Å². The Hall–Kier alpha value is -0.860. The molecule has 1 N–H and O–H groups in total. The summed E-state index contributed by atoms with van der Waals surface area (Å²) in [6, 6.07) is 1.06. The number of hydrogen-bond acceptors (Lipinski definition) is 4. The highest BCUT2D eigenvalue weighted by Gasteiger charge is 2.39. The van der Waals surface area contributed by atoms with Crippen molar-refractivity contribution in [2.45, 2.75) is 30.7 Å². The summed E-state index contributed by atoms with van der Waals surface area (Å²) >= 11 is 2.95. The van der Waals surface area contributed by atoms with Crippen LogP contribution in [0.4, 0.5) is 0 Å². The molecule has 100 valence electrons. The van der Waals surface area contributed by atoms with Gasteiger partial charge >= 0.3 is 5.97 Å². The molecule has 6 nitrogen and oxygen atoms in total. The molecule has 1 saturated carbocycles. The summed E-state index contributed by atoms with van der Waals surface area (Å²) in [6.45, 7) is 2.11. The van der Waals surface area contributed by atoms with Crippen LogP contribution in [0.5, 0.6) is 0 Å². The fraction of sp³-hybridized carbons (Fsp3) is 0.500. The average molecular weight is 338 g/mol. The third-order valence-corrected chi connectivity index (χ3v) is 5.60. The van der Waals surface area contributed by atoms with E-state index in [4.69, 9.17) is 9.52 Å². The number of aromatic carboxylic acids is 1. The van der Waals surface area contributed by atoms with Crippen molar-refractivity contribution >= 4 is 31.9 Å². The van der Waals surface area contributed by atoms with Crippen LogP contribution in [0.1, 0.15) is 30.3 Å². The summed E-state index contributed by atoms with van der Waals surface area (Å²) < 4.78 is 30.9. The molecule has 8 heteroatoms. The Kier molecular flexibility index (Phi) is 3.52. The molecule has 0 aromatic carbocycles. The van der Waals surface area contributed by atoms with Gasteiger partial charge < -0.3 is 9.52 Å². The van der Waals surface area contributed by atoms with E-state index in [0.29, 0.717) is 6.54 Å². The molecular formula is C10H12BrNO5S. The maximum absolute atomic E-state index is 12.3. The molecule has 0 saturated heterocycles. The van der Waals surface area contributed by atoms with Crippen LogP contribution < -0.4 is 0 Å². The smallest absolute Gasteiger partial charge is 0.371 e. The zero-order chi connectivity index (χ0) is 13.5. The van der Waals surface area contributed by atoms with Gasteiger partial charge in [0, 0.05) is 18.7 Å². The lowest BCUT2D eigenvalue weighted by atomic mass is 10.5. The Balaban J connectivity index is 2.43. The molecule has 1 aliphatic carbocycles. The Morgan fingerprint density at radius 2 is 2.22 bits per heavy atom. The summed E-state index contributed by atoms with van der Waals surface area (Å²) in [5.74, 6) is -1.70. The second-order valence-corrected chi connectivity index (χ2v) is 6.57. The number of carbonyl (C=O) groups is 1. The maximum Gasteiger partial charge on any atom is 0.371 e. The molecule has 0 radical (unpaired) electrons. The number of halogens is 1. The molecule has 0 bridgehead atoms. The van der Waals surface area contributed by atoms with Crippen LogP contribution in [0.15, 0.2) is 20.0 Å². The van der Waals surface area contributed by atoms with Gasteiger partial charge in [-0.3, -0.25) is 0 Å². The number of sulfonamides is 1. The van der Waals surface area contributed by atoms with Crippen molar-refractivity contribution < 1.29 is 22.7 Å². The third kappa shape index (κ3) is 2.32. The minimum atomic E-state index is -3.70. The molecule has 0 unspecified atom stereocenters. The highest BCUT2D eigenvalue weighted by molar-refractivity contribution is 9.10. The van der Waals surface area contributed by atoms with Crippen molar-refractivity contribution in [1.29, 1.82) is 0 Å². The monoisotopic (exact) mass is 337 g/mol. The topological polar surface area (TPSA) is 87.8 Å². The van der Waals surface area contributed by atoms with Gasteiger partial charge in [0.15, 0.2) is 4.67 Å².